The quantitative estimate of drug-likeness (QED) is 0.649. The van der Waals surface area contributed by atoms with E-state index in [1.165, 1.54) is 18.4 Å². The summed E-state index contributed by atoms with van der Waals surface area (Å²) >= 11 is 0. The zero-order chi connectivity index (χ0) is 21.2. The van der Waals surface area contributed by atoms with Gasteiger partial charge < -0.3 is 19.0 Å². The second kappa shape index (κ2) is 8.46. The molecule has 5 rings (SSSR count). The summed E-state index contributed by atoms with van der Waals surface area (Å²) in [6, 6.07) is 15.0. The molecule has 0 unspecified atom stereocenters. The maximum absolute atomic E-state index is 12.6. The number of benzene rings is 2. The SMILES string of the molecule is O=C(COc1ccc2oc3c(c2c1)CCCC3)N1CCN(C(=O)c2ccccc2)CC1. The van der Waals surface area contributed by atoms with E-state index in [0.29, 0.717) is 37.5 Å². The Hall–Kier alpha value is -3.28. The minimum Gasteiger partial charge on any atom is -0.484 e. The number of nitrogens with zero attached hydrogens (tertiary/aromatic N) is 2. The van der Waals surface area contributed by atoms with Crippen molar-refractivity contribution in [2.24, 2.45) is 0 Å². The Labute approximate surface area is 181 Å². The first-order valence-corrected chi connectivity index (χ1v) is 11.0. The van der Waals surface area contributed by atoms with Crippen LogP contribution in [0, 0.1) is 0 Å². The predicted molar refractivity (Wildman–Crippen MR) is 117 cm³/mol. The fourth-order valence-electron chi connectivity index (χ4n) is 4.49. The van der Waals surface area contributed by atoms with Gasteiger partial charge in [0.2, 0.25) is 0 Å². The minimum atomic E-state index is -0.0545. The molecule has 1 saturated heterocycles. The molecular formula is C25H26N2O4. The number of piperazine rings is 1. The number of hydrogen-bond acceptors (Lipinski definition) is 4. The molecule has 160 valence electrons. The molecule has 1 aromatic heterocycles. The molecule has 6 heteroatoms. The first kappa shape index (κ1) is 19.7. The van der Waals surface area contributed by atoms with E-state index in [2.05, 4.69) is 0 Å². The lowest BCUT2D eigenvalue weighted by Gasteiger charge is -2.34. The molecule has 2 amide bonds. The van der Waals surface area contributed by atoms with Gasteiger partial charge in [-0.15, -0.1) is 0 Å². The molecule has 31 heavy (non-hydrogen) atoms. The molecule has 0 radical (unpaired) electrons. The average Bonchev–Trinajstić information content (AvgIpc) is 3.21. The zero-order valence-corrected chi connectivity index (χ0v) is 17.5. The second-order valence-corrected chi connectivity index (χ2v) is 8.20. The molecule has 0 saturated carbocycles. The Morgan fingerprint density at radius 1 is 0.903 bits per heavy atom. The summed E-state index contributed by atoms with van der Waals surface area (Å²) < 4.78 is 11.8. The molecule has 3 aromatic rings. The Morgan fingerprint density at radius 2 is 1.65 bits per heavy atom. The van der Waals surface area contributed by atoms with Gasteiger partial charge in [0.1, 0.15) is 17.1 Å². The molecule has 2 aromatic carbocycles. The van der Waals surface area contributed by atoms with Crippen molar-refractivity contribution in [1.82, 2.24) is 9.80 Å². The Kier molecular flexibility index (Phi) is 5.37. The van der Waals surface area contributed by atoms with Crippen LogP contribution in [0.4, 0.5) is 0 Å². The van der Waals surface area contributed by atoms with Crippen molar-refractivity contribution in [3.8, 4) is 5.75 Å². The Morgan fingerprint density at radius 3 is 2.45 bits per heavy atom. The van der Waals surface area contributed by atoms with Gasteiger partial charge >= 0.3 is 0 Å². The highest BCUT2D eigenvalue weighted by Gasteiger charge is 2.25. The summed E-state index contributed by atoms with van der Waals surface area (Å²) in [6.07, 6.45) is 4.40. The highest BCUT2D eigenvalue weighted by Crippen LogP contribution is 2.33. The van der Waals surface area contributed by atoms with Crippen molar-refractivity contribution in [2.75, 3.05) is 32.8 Å². The molecule has 0 N–H and O–H groups in total. The zero-order valence-electron chi connectivity index (χ0n) is 17.5. The molecule has 0 spiro atoms. The van der Waals surface area contributed by atoms with E-state index in [0.717, 1.165) is 29.6 Å². The minimum absolute atomic E-state index is 0.00181. The normalized spacial score (nSPS) is 16.3. The summed E-state index contributed by atoms with van der Waals surface area (Å²) in [5.74, 6) is 1.74. The number of amides is 2. The fraction of sp³-hybridized carbons (Fsp3) is 0.360. The second-order valence-electron chi connectivity index (χ2n) is 8.20. The number of hydrogen-bond donors (Lipinski definition) is 0. The van der Waals surface area contributed by atoms with Gasteiger partial charge in [-0.3, -0.25) is 9.59 Å². The fourth-order valence-corrected chi connectivity index (χ4v) is 4.49. The van der Waals surface area contributed by atoms with Crippen molar-refractivity contribution in [3.05, 3.63) is 65.4 Å². The summed E-state index contributed by atoms with van der Waals surface area (Å²) in [5, 5.41) is 1.10. The van der Waals surface area contributed by atoms with Crippen molar-refractivity contribution in [1.29, 1.82) is 0 Å². The molecule has 2 aliphatic rings. The first-order chi connectivity index (χ1) is 15.2. The van der Waals surface area contributed by atoms with E-state index < -0.39 is 0 Å². The van der Waals surface area contributed by atoms with Gasteiger partial charge in [0.25, 0.3) is 11.8 Å². The van der Waals surface area contributed by atoms with Crippen LogP contribution >= 0.6 is 0 Å². The van der Waals surface area contributed by atoms with E-state index in [1.807, 2.05) is 48.5 Å². The molecular weight excluding hydrogens is 392 g/mol. The van der Waals surface area contributed by atoms with Gasteiger partial charge in [-0.05, 0) is 49.6 Å². The number of ether oxygens (including phenoxy) is 1. The third-order valence-corrected chi connectivity index (χ3v) is 6.23. The lowest BCUT2D eigenvalue weighted by atomic mass is 9.96. The van der Waals surface area contributed by atoms with Gasteiger partial charge in [0, 0.05) is 49.1 Å². The molecule has 0 bridgehead atoms. The molecule has 1 fully saturated rings. The van der Waals surface area contributed by atoms with Gasteiger partial charge in [0.15, 0.2) is 6.61 Å². The number of carbonyl (C=O) groups is 2. The van der Waals surface area contributed by atoms with Crippen LogP contribution in [0.3, 0.4) is 0 Å². The third-order valence-electron chi connectivity index (χ3n) is 6.23. The van der Waals surface area contributed by atoms with E-state index in [4.69, 9.17) is 9.15 Å². The summed E-state index contributed by atoms with van der Waals surface area (Å²) in [4.78, 5) is 28.8. The van der Waals surface area contributed by atoms with Crippen molar-refractivity contribution < 1.29 is 18.7 Å². The van der Waals surface area contributed by atoms with Crippen LogP contribution in [-0.2, 0) is 17.6 Å². The number of aryl methyl sites for hydroxylation is 2. The lowest BCUT2D eigenvalue weighted by Crippen LogP contribution is -2.51. The van der Waals surface area contributed by atoms with E-state index in [-0.39, 0.29) is 18.4 Å². The highest BCUT2D eigenvalue weighted by molar-refractivity contribution is 5.94. The van der Waals surface area contributed by atoms with Crippen LogP contribution in [0.2, 0.25) is 0 Å². The third kappa shape index (κ3) is 4.02. The smallest absolute Gasteiger partial charge is 0.260 e. The maximum Gasteiger partial charge on any atom is 0.260 e. The number of fused-ring (bicyclic) bond motifs is 3. The average molecular weight is 418 g/mol. The Balaban J connectivity index is 1.17. The van der Waals surface area contributed by atoms with Crippen LogP contribution in [-0.4, -0.2) is 54.4 Å². The largest absolute Gasteiger partial charge is 0.484 e. The lowest BCUT2D eigenvalue weighted by molar-refractivity contribution is -0.134. The molecule has 1 aliphatic heterocycles. The van der Waals surface area contributed by atoms with Crippen LogP contribution < -0.4 is 4.74 Å². The maximum atomic E-state index is 12.6. The highest BCUT2D eigenvalue weighted by atomic mass is 16.5. The van der Waals surface area contributed by atoms with Crippen molar-refractivity contribution in [2.45, 2.75) is 25.7 Å². The monoisotopic (exact) mass is 418 g/mol. The van der Waals surface area contributed by atoms with Crippen molar-refractivity contribution >= 4 is 22.8 Å². The van der Waals surface area contributed by atoms with Gasteiger partial charge in [-0.1, -0.05) is 18.2 Å². The molecule has 2 heterocycles. The number of furan rings is 1. The summed E-state index contributed by atoms with van der Waals surface area (Å²) in [6.45, 7) is 2.11. The number of carbonyl (C=O) groups excluding carboxylic acids is 2. The topological polar surface area (TPSA) is 63.0 Å². The van der Waals surface area contributed by atoms with E-state index in [1.54, 1.807) is 9.80 Å². The van der Waals surface area contributed by atoms with Crippen molar-refractivity contribution in [3.63, 3.8) is 0 Å². The van der Waals surface area contributed by atoms with Gasteiger partial charge in [-0.25, -0.2) is 0 Å². The summed E-state index contributed by atoms with van der Waals surface area (Å²) in [7, 11) is 0. The standard InChI is InChI=1S/C25H26N2O4/c28-24(26-12-14-27(15-13-26)25(29)18-6-2-1-3-7-18)17-30-19-10-11-23-21(16-19)20-8-4-5-9-22(20)31-23/h1-3,6-7,10-11,16H,4-5,8-9,12-15,17H2. The molecule has 6 nitrogen and oxygen atoms in total. The predicted octanol–water partition coefficient (Wildman–Crippen LogP) is 3.68. The van der Waals surface area contributed by atoms with Crippen LogP contribution in [0.1, 0.15) is 34.5 Å². The van der Waals surface area contributed by atoms with Gasteiger partial charge in [0.05, 0.1) is 0 Å². The molecule has 1 aliphatic carbocycles. The summed E-state index contributed by atoms with van der Waals surface area (Å²) in [5.41, 5.74) is 2.87. The van der Waals surface area contributed by atoms with Crippen LogP contribution in [0.25, 0.3) is 11.0 Å². The first-order valence-electron chi connectivity index (χ1n) is 11.0. The molecule has 0 atom stereocenters. The van der Waals surface area contributed by atoms with Gasteiger partial charge in [-0.2, -0.15) is 0 Å². The van der Waals surface area contributed by atoms with E-state index >= 15 is 0 Å². The number of rotatable bonds is 4. The van der Waals surface area contributed by atoms with Crippen LogP contribution in [0.15, 0.2) is 52.9 Å². The van der Waals surface area contributed by atoms with E-state index in [9.17, 15) is 9.59 Å². The Bertz CT molecular complexity index is 1100. The van der Waals surface area contributed by atoms with Crippen LogP contribution in [0.5, 0.6) is 5.75 Å².